The number of carbonyl (C=O) groups excluding carboxylic acids is 5. The molecule has 2 aliphatic rings. The molecule has 0 amide bonds. The lowest BCUT2D eigenvalue weighted by molar-refractivity contribution is -0.311. The number of carbonyl (C=O) groups is 5. The molecule has 0 saturated carbocycles. The van der Waals surface area contributed by atoms with E-state index in [9.17, 15) is 24.0 Å². The third-order valence-electron chi connectivity index (χ3n) is 11.4. The minimum Gasteiger partial charge on any atom is -0.459 e. The number of esters is 5. The highest BCUT2D eigenvalue weighted by Gasteiger charge is 2.56. The number of ether oxygens (including phenoxy) is 9. The SMILES string of the molecule is C[C@H]1[C@H](C)[C@@H](COC(=O)c2ccccc2)O[C@@H](OC[C@H]2O[C@@H](OC(=N)C(Cl)(Cl)Cl)[C@H](OC(=O)c3ccccc3)[C@@H](OC(=O)c3ccccc3)[C@@H]2OC(=O)c2ccccc2)[C@@H]1OC(=O)c1ccccc1. The van der Waals surface area contributed by atoms with Gasteiger partial charge >= 0.3 is 29.8 Å². The number of benzene rings is 5. The minimum atomic E-state index is -2.48. The van der Waals surface area contributed by atoms with E-state index in [4.69, 9.17) is 82.8 Å². The van der Waals surface area contributed by atoms with Crippen molar-refractivity contribution in [3.63, 3.8) is 0 Å². The average molecular weight is 1000 g/mol. The largest absolute Gasteiger partial charge is 0.459 e. The molecule has 2 aliphatic heterocycles. The summed E-state index contributed by atoms with van der Waals surface area (Å²) in [6.07, 6.45) is -12.1. The van der Waals surface area contributed by atoms with Crippen molar-refractivity contribution in [2.24, 2.45) is 11.8 Å². The Labute approximate surface area is 412 Å². The highest BCUT2D eigenvalue weighted by molar-refractivity contribution is 6.76. The average Bonchev–Trinajstić information content (AvgIpc) is 3.37. The van der Waals surface area contributed by atoms with Crippen LogP contribution in [0.2, 0.25) is 0 Å². The van der Waals surface area contributed by atoms with E-state index in [0.29, 0.717) is 5.56 Å². The van der Waals surface area contributed by atoms with Crippen molar-refractivity contribution in [2.45, 2.75) is 66.8 Å². The molecule has 18 heteroatoms. The van der Waals surface area contributed by atoms with Crippen LogP contribution in [-0.2, 0) is 42.6 Å². The van der Waals surface area contributed by atoms with Gasteiger partial charge in [0.25, 0.3) is 3.79 Å². The van der Waals surface area contributed by atoms with E-state index in [1.165, 1.54) is 36.4 Å². The third kappa shape index (κ3) is 13.1. The van der Waals surface area contributed by atoms with Gasteiger partial charge in [0.2, 0.25) is 18.3 Å². The Morgan fingerprint density at radius 1 is 0.449 bits per heavy atom. The Hall–Kier alpha value is -6.33. The zero-order chi connectivity index (χ0) is 49.1. The maximum absolute atomic E-state index is 14.1. The normalized spacial score (nSPS) is 24.4. The molecular formula is C51H46Cl3NO14. The highest BCUT2D eigenvalue weighted by Crippen LogP contribution is 2.38. The van der Waals surface area contributed by atoms with Crippen LogP contribution in [0, 0.1) is 17.2 Å². The molecule has 10 atom stereocenters. The van der Waals surface area contributed by atoms with Crippen molar-refractivity contribution in [3.05, 3.63) is 179 Å². The number of nitrogens with one attached hydrogen (secondary N) is 1. The molecule has 0 unspecified atom stereocenters. The Balaban J connectivity index is 1.27. The zero-order valence-electron chi connectivity index (χ0n) is 37.0. The molecular weight excluding hydrogens is 957 g/mol. The quantitative estimate of drug-likeness (QED) is 0.0344. The predicted octanol–water partition coefficient (Wildman–Crippen LogP) is 8.85. The molecule has 2 saturated heterocycles. The van der Waals surface area contributed by atoms with Crippen LogP contribution >= 0.6 is 34.8 Å². The first-order valence-electron chi connectivity index (χ1n) is 21.7. The second-order valence-corrected chi connectivity index (χ2v) is 18.3. The number of hydrogen-bond acceptors (Lipinski definition) is 15. The van der Waals surface area contributed by atoms with Gasteiger partial charge in [0, 0.05) is 5.92 Å². The summed E-state index contributed by atoms with van der Waals surface area (Å²) in [5.41, 5.74) is 0.761. The molecule has 0 aromatic heterocycles. The molecule has 0 spiro atoms. The van der Waals surface area contributed by atoms with Gasteiger partial charge < -0.3 is 42.6 Å². The predicted molar refractivity (Wildman–Crippen MR) is 250 cm³/mol. The van der Waals surface area contributed by atoms with Crippen LogP contribution in [0.1, 0.15) is 65.6 Å². The van der Waals surface area contributed by atoms with Gasteiger partial charge in [-0.2, -0.15) is 0 Å². The van der Waals surface area contributed by atoms with E-state index in [1.807, 2.05) is 13.8 Å². The first-order chi connectivity index (χ1) is 33.2. The molecule has 69 heavy (non-hydrogen) atoms. The van der Waals surface area contributed by atoms with Gasteiger partial charge in [0.05, 0.1) is 40.5 Å². The van der Waals surface area contributed by atoms with Crippen LogP contribution in [0.15, 0.2) is 152 Å². The van der Waals surface area contributed by atoms with Gasteiger partial charge in [0.1, 0.15) is 12.7 Å². The summed E-state index contributed by atoms with van der Waals surface area (Å²) in [6, 6.07) is 40.1. The van der Waals surface area contributed by atoms with E-state index in [0.717, 1.165) is 0 Å². The van der Waals surface area contributed by atoms with Crippen molar-refractivity contribution < 1.29 is 66.6 Å². The first kappa shape index (κ1) is 50.5. The van der Waals surface area contributed by atoms with Crippen LogP contribution in [0.25, 0.3) is 0 Å². The standard InChI is InChI=1S/C51H46Cl3NO14/c1-30-31(2)39(65-44(57)33-20-10-4-11-21-33)48(63-37(30)28-61-43(56)32-18-8-3-9-19-32)62-29-38-40(66-45(58)34-22-12-5-13-23-34)41(67-46(59)35-24-14-6-15-25-35)42(49(64-38)69-50(55)51(52,53)54)68-47(60)36-26-16-7-17-27-36/h3-27,30-31,37-42,48-49,55H,28-29H2,1-2H3/t30-,31-,37+,38+,39+,40+,41-,42+,48+,49-/m0/s1. The molecule has 5 aromatic rings. The van der Waals surface area contributed by atoms with Crippen LogP contribution in [0.5, 0.6) is 0 Å². The lowest BCUT2D eigenvalue weighted by atomic mass is 9.83. The Kier molecular flexibility index (Phi) is 17.1. The van der Waals surface area contributed by atoms with Gasteiger partial charge in [-0.25, -0.2) is 24.0 Å². The molecule has 7 rings (SSSR count). The topological polar surface area (TPSA) is 192 Å². The van der Waals surface area contributed by atoms with Crippen molar-refractivity contribution in [2.75, 3.05) is 13.2 Å². The summed E-state index contributed by atoms with van der Waals surface area (Å²) in [7, 11) is 0. The highest BCUT2D eigenvalue weighted by atomic mass is 35.6. The summed E-state index contributed by atoms with van der Waals surface area (Å²) in [5, 5.41) is 8.54. The van der Waals surface area contributed by atoms with Gasteiger partial charge in [-0.05, 0) is 66.6 Å². The Morgan fingerprint density at radius 2 is 0.812 bits per heavy atom. The molecule has 0 radical (unpaired) electrons. The molecule has 2 heterocycles. The fourth-order valence-electron chi connectivity index (χ4n) is 7.51. The van der Waals surface area contributed by atoms with E-state index >= 15 is 0 Å². The van der Waals surface area contributed by atoms with E-state index < -0.39 is 101 Å². The van der Waals surface area contributed by atoms with Crippen molar-refractivity contribution >= 4 is 70.5 Å². The number of halogens is 3. The van der Waals surface area contributed by atoms with Gasteiger partial charge in [-0.3, -0.25) is 5.41 Å². The maximum Gasteiger partial charge on any atom is 0.338 e. The molecule has 1 N–H and O–H groups in total. The number of hydrogen-bond donors (Lipinski definition) is 1. The molecule has 15 nitrogen and oxygen atoms in total. The number of rotatable bonds is 15. The molecule has 5 aromatic carbocycles. The van der Waals surface area contributed by atoms with Crippen molar-refractivity contribution in [1.82, 2.24) is 0 Å². The first-order valence-corrected chi connectivity index (χ1v) is 22.8. The Bertz CT molecular complexity index is 2530. The van der Waals surface area contributed by atoms with Gasteiger partial charge in [0.15, 0.2) is 24.6 Å². The van der Waals surface area contributed by atoms with E-state index in [1.54, 1.807) is 115 Å². The molecule has 2 fully saturated rings. The smallest absolute Gasteiger partial charge is 0.338 e. The number of alkyl halides is 3. The Morgan fingerprint density at radius 3 is 1.23 bits per heavy atom. The summed E-state index contributed by atoms with van der Waals surface area (Å²) < 4.78 is 52.7. The summed E-state index contributed by atoms with van der Waals surface area (Å²) in [6.45, 7) is 2.82. The zero-order valence-corrected chi connectivity index (χ0v) is 39.2. The molecule has 0 bridgehead atoms. The van der Waals surface area contributed by atoms with Crippen LogP contribution in [0.3, 0.4) is 0 Å². The van der Waals surface area contributed by atoms with Gasteiger partial charge in [-0.1, -0.05) is 140 Å². The van der Waals surface area contributed by atoms with Gasteiger partial charge in [-0.15, -0.1) is 0 Å². The monoisotopic (exact) mass is 1000 g/mol. The maximum atomic E-state index is 14.1. The lowest BCUT2D eigenvalue weighted by Crippen LogP contribution is -2.64. The summed E-state index contributed by atoms with van der Waals surface area (Å²) in [5.74, 6) is -5.98. The third-order valence-corrected chi connectivity index (χ3v) is 11.9. The minimum absolute atomic E-state index is 0.0574. The van der Waals surface area contributed by atoms with E-state index in [2.05, 4.69) is 0 Å². The fourth-order valence-corrected chi connectivity index (χ4v) is 7.64. The fraction of sp³-hybridized carbons (Fsp3) is 0.294. The second-order valence-electron chi connectivity index (χ2n) is 16.0. The summed E-state index contributed by atoms with van der Waals surface area (Å²) >= 11 is 18.3. The second kappa shape index (κ2) is 23.3. The van der Waals surface area contributed by atoms with E-state index in [-0.39, 0.29) is 34.8 Å². The molecule has 0 aliphatic carbocycles. The molecule has 360 valence electrons. The van der Waals surface area contributed by atoms with Crippen LogP contribution in [0.4, 0.5) is 0 Å². The van der Waals surface area contributed by atoms with Crippen molar-refractivity contribution in [1.29, 1.82) is 5.41 Å². The summed E-state index contributed by atoms with van der Waals surface area (Å²) in [4.78, 5) is 68.7. The van der Waals surface area contributed by atoms with Crippen molar-refractivity contribution in [3.8, 4) is 0 Å². The van der Waals surface area contributed by atoms with Crippen LogP contribution in [-0.4, -0.2) is 102 Å². The lowest BCUT2D eigenvalue weighted by Gasteiger charge is -2.46. The van der Waals surface area contributed by atoms with Crippen LogP contribution < -0.4 is 0 Å².